The van der Waals surface area contributed by atoms with Gasteiger partial charge in [-0.25, -0.2) is 4.98 Å². The zero-order chi connectivity index (χ0) is 28.8. The van der Waals surface area contributed by atoms with Gasteiger partial charge in [0.05, 0.1) is 28.3 Å². The number of anilines is 4. The van der Waals surface area contributed by atoms with Crippen molar-refractivity contribution >= 4 is 75.1 Å². The number of ether oxygens (including phenoxy) is 1. The van der Waals surface area contributed by atoms with Gasteiger partial charge in [-0.05, 0) is 77.5 Å². The molecule has 0 aliphatic heterocycles. The first-order valence-electron chi connectivity index (χ1n) is 12.9. The van der Waals surface area contributed by atoms with Crippen molar-refractivity contribution in [3.63, 3.8) is 0 Å². The first-order valence-corrected chi connectivity index (χ1v) is 16.0. The van der Waals surface area contributed by atoms with Crippen molar-refractivity contribution in [1.29, 1.82) is 5.41 Å². The quantitative estimate of drug-likeness (QED) is 0.109. The number of fused-ring (bicyclic) bond motifs is 1. The summed E-state index contributed by atoms with van der Waals surface area (Å²) in [6.45, 7) is 8.57. The maximum absolute atomic E-state index is 8.13. The average molecular weight is 622 g/mol. The molecule has 0 radical (unpaired) electrons. The molecule has 0 fully saturated rings. The minimum absolute atomic E-state index is 0.404. The zero-order valence-corrected chi connectivity index (χ0v) is 26.0. The highest BCUT2D eigenvalue weighted by molar-refractivity contribution is 9.10. The Balaban J connectivity index is 1.76. The Labute approximate surface area is 244 Å². The van der Waals surface area contributed by atoms with Gasteiger partial charge in [-0.1, -0.05) is 21.8 Å². The van der Waals surface area contributed by atoms with Crippen LogP contribution < -0.4 is 26.0 Å². The maximum atomic E-state index is 8.13. The summed E-state index contributed by atoms with van der Waals surface area (Å²) in [7, 11) is 3.04. The molecule has 2 aromatic heterocycles. The van der Waals surface area contributed by atoms with Crippen LogP contribution in [0.25, 0.3) is 16.6 Å². The molecule has 4 aromatic rings. The van der Waals surface area contributed by atoms with E-state index in [4.69, 9.17) is 15.1 Å². The van der Waals surface area contributed by atoms with Crippen LogP contribution in [0.2, 0.25) is 0 Å². The molecule has 0 atom stereocenters. The van der Waals surface area contributed by atoms with Crippen LogP contribution >= 0.6 is 23.9 Å². The standard InChI is InChI=1S/C29H34BrN8OP/c1-7-17-13-25(39-4)24(14-18(17)19(15-31)21(8-2)32-3)37-29-35-16-20(30)28(38-29)36-23-10-9-22-26(27(23)40(5)6)34-12-11-33-22/h9-16,31-32H,7-8H2,1-6H3,(H2,35,36,37,38)/b21-19+,31-15?. The molecule has 0 amide bonds. The van der Waals surface area contributed by atoms with Gasteiger partial charge in [-0.15, -0.1) is 0 Å². The van der Waals surface area contributed by atoms with E-state index < -0.39 is 7.92 Å². The zero-order valence-electron chi connectivity index (χ0n) is 23.6. The Morgan fingerprint density at radius 3 is 2.50 bits per heavy atom. The Kier molecular flexibility index (Phi) is 9.66. The van der Waals surface area contributed by atoms with Gasteiger partial charge in [0.1, 0.15) is 11.6 Å². The van der Waals surface area contributed by atoms with E-state index in [0.29, 0.717) is 23.2 Å². The molecule has 9 nitrogen and oxygen atoms in total. The van der Waals surface area contributed by atoms with Gasteiger partial charge in [0, 0.05) is 54.1 Å². The lowest BCUT2D eigenvalue weighted by Crippen LogP contribution is -2.12. The van der Waals surface area contributed by atoms with Crippen molar-refractivity contribution in [3.8, 4) is 5.75 Å². The van der Waals surface area contributed by atoms with Gasteiger partial charge in [0.25, 0.3) is 0 Å². The van der Waals surface area contributed by atoms with Crippen LogP contribution in [0.1, 0.15) is 31.4 Å². The number of nitrogens with zero attached hydrogens (tertiary/aromatic N) is 4. The molecule has 0 saturated heterocycles. The van der Waals surface area contributed by atoms with Crippen LogP contribution in [-0.2, 0) is 6.42 Å². The number of rotatable bonds is 11. The molecular weight excluding hydrogens is 587 g/mol. The number of hydrogen-bond donors (Lipinski definition) is 4. The minimum atomic E-state index is -0.485. The van der Waals surface area contributed by atoms with E-state index in [0.717, 1.165) is 61.7 Å². The van der Waals surface area contributed by atoms with Crippen LogP contribution in [0.15, 0.2) is 53.0 Å². The first-order chi connectivity index (χ1) is 19.3. The molecule has 4 rings (SSSR count). The summed E-state index contributed by atoms with van der Waals surface area (Å²) in [6, 6.07) is 8.00. The summed E-state index contributed by atoms with van der Waals surface area (Å²) >= 11 is 3.60. The predicted octanol–water partition coefficient (Wildman–Crippen LogP) is 6.60. The van der Waals surface area contributed by atoms with E-state index in [-0.39, 0.29) is 0 Å². The molecule has 2 heterocycles. The van der Waals surface area contributed by atoms with Gasteiger partial charge >= 0.3 is 0 Å². The summed E-state index contributed by atoms with van der Waals surface area (Å²) in [5.74, 6) is 1.69. The number of nitrogens with one attached hydrogen (secondary N) is 4. The second-order valence-electron chi connectivity index (χ2n) is 9.12. The fraction of sp³-hybridized carbons (Fsp3) is 0.276. The number of methoxy groups -OCH3 is 1. The molecule has 0 bridgehead atoms. The number of benzene rings is 2. The molecule has 0 spiro atoms. The van der Waals surface area contributed by atoms with Crippen molar-refractivity contribution in [2.75, 3.05) is 38.1 Å². The number of allylic oxidation sites excluding steroid dienone is 2. The highest BCUT2D eigenvalue weighted by Gasteiger charge is 2.18. The van der Waals surface area contributed by atoms with Crippen molar-refractivity contribution in [3.05, 3.63) is 64.2 Å². The van der Waals surface area contributed by atoms with Gasteiger partial charge < -0.3 is 26.1 Å². The molecule has 2 aromatic carbocycles. The van der Waals surface area contributed by atoms with Gasteiger partial charge in [0.15, 0.2) is 0 Å². The lowest BCUT2D eigenvalue weighted by Gasteiger charge is -2.19. The Bertz CT molecular complexity index is 1570. The number of aryl methyl sites for hydroxylation is 1. The van der Waals surface area contributed by atoms with Crippen LogP contribution in [0.4, 0.5) is 23.1 Å². The second-order valence-corrected chi connectivity index (χ2v) is 12.2. The molecule has 0 unspecified atom stereocenters. The van der Waals surface area contributed by atoms with Crippen molar-refractivity contribution in [2.24, 2.45) is 0 Å². The van der Waals surface area contributed by atoms with E-state index in [1.54, 1.807) is 25.7 Å². The van der Waals surface area contributed by atoms with E-state index in [1.165, 1.54) is 6.21 Å². The van der Waals surface area contributed by atoms with E-state index >= 15 is 0 Å². The van der Waals surface area contributed by atoms with E-state index in [2.05, 4.69) is 74.0 Å². The number of hydrogen-bond acceptors (Lipinski definition) is 9. The third kappa shape index (κ3) is 6.08. The average Bonchev–Trinajstić information content (AvgIpc) is 2.97. The molecule has 208 valence electrons. The molecular formula is C29H34BrN8OP. The van der Waals surface area contributed by atoms with Crippen LogP contribution in [0.3, 0.4) is 0 Å². The largest absolute Gasteiger partial charge is 0.495 e. The fourth-order valence-electron chi connectivity index (χ4n) is 4.60. The molecule has 0 saturated carbocycles. The summed E-state index contributed by atoms with van der Waals surface area (Å²) in [4.78, 5) is 18.4. The van der Waals surface area contributed by atoms with E-state index in [9.17, 15) is 0 Å². The number of aromatic nitrogens is 4. The topological polar surface area (TPSA) is 121 Å². The first kappa shape index (κ1) is 29.4. The van der Waals surface area contributed by atoms with Crippen LogP contribution in [0, 0.1) is 5.41 Å². The van der Waals surface area contributed by atoms with E-state index in [1.807, 2.05) is 31.3 Å². The molecule has 11 heteroatoms. The lowest BCUT2D eigenvalue weighted by atomic mass is 9.95. The SMILES string of the molecule is CC/C(NC)=C(/C=N)c1cc(Nc2ncc(Br)c(Nc3ccc4nccnc4c3P(C)C)n2)c(OC)cc1CC. The van der Waals surface area contributed by atoms with Crippen molar-refractivity contribution in [2.45, 2.75) is 26.7 Å². The predicted molar refractivity (Wildman–Crippen MR) is 172 cm³/mol. The molecule has 40 heavy (non-hydrogen) atoms. The van der Waals surface area contributed by atoms with Gasteiger partial charge in [-0.3, -0.25) is 9.97 Å². The fourth-order valence-corrected chi connectivity index (χ4v) is 6.10. The normalized spacial score (nSPS) is 11.8. The van der Waals surface area contributed by atoms with Crippen LogP contribution in [0.5, 0.6) is 5.75 Å². The van der Waals surface area contributed by atoms with Crippen molar-refractivity contribution < 1.29 is 4.74 Å². The lowest BCUT2D eigenvalue weighted by molar-refractivity contribution is 0.416. The third-order valence-corrected chi connectivity index (χ3v) is 8.45. The van der Waals surface area contributed by atoms with Crippen LogP contribution in [-0.4, -0.2) is 53.6 Å². The molecule has 4 N–H and O–H groups in total. The second kappa shape index (κ2) is 13.2. The van der Waals surface area contributed by atoms with Crippen molar-refractivity contribution in [1.82, 2.24) is 25.3 Å². The monoisotopic (exact) mass is 620 g/mol. The summed E-state index contributed by atoms with van der Waals surface area (Å²) in [6.07, 6.45) is 8.13. The summed E-state index contributed by atoms with van der Waals surface area (Å²) in [5, 5.41) is 19.3. The molecule has 0 aliphatic rings. The smallest absolute Gasteiger partial charge is 0.229 e. The van der Waals surface area contributed by atoms with Gasteiger partial charge in [0.2, 0.25) is 5.95 Å². The summed E-state index contributed by atoms with van der Waals surface area (Å²) < 4.78 is 6.46. The molecule has 0 aliphatic carbocycles. The number of halogens is 1. The minimum Gasteiger partial charge on any atom is -0.495 e. The Morgan fingerprint density at radius 1 is 1.07 bits per heavy atom. The summed E-state index contributed by atoms with van der Waals surface area (Å²) in [5.41, 5.74) is 7.28. The third-order valence-electron chi connectivity index (χ3n) is 6.53. The Morgan fingerprint density at radius 2 is 1.85 bits per heavy atom. The Hall–Kier alpha value is -3.62. The maximum Gasteiger partial charge on any atom is 0.229 e. The van der Waals surface area contributed by atoms with Gasteiger partial charge in [-0.2, -0.15) is 4.98 Å². The highest BCUT2D eigenvalue weighted by Crippen LogP contribution is 2.36. The highest BCUT2D eigenvalue weighted by atomic mass is 79.9.